The summed E-state index contributed by atoms with van der Waals surface area (Å²) < 4.78 is 34.4. The lowest BCUT2D eigenvalue weighted by Crippen LogP contribution is -2.45. The van der Waals surface area contributed by atoms with Crippen molar-refractivity contribution in [1.29, 1.82) is 0 Å². The summed E-state index contributed by atoms with van der Waals surface area (Å²) >= 11 is 0. The van der Waals surface area contributed by atoms with Crippen molar-refractivity contribution in [3.8, 4) is 5.75 Å². The molecule has 2 heterocycles. The Morgan fingerprint density at radius 3 is 2.72 bits per heavy atom. The molecular weight excluding hydrogens is 428 g/mol. The molecule has 0 bridgehead atoms. The summed E-state index contributed by atoms with van der Waals surface area (Å²) in [5.41, 5.74) is 2.99. The van der Waals surface area contributed by atoms with Gasteiger partial charge in [-0.15, -0.1) is 0 Å². The highest BCUT2D eigenvalue weighted by atomic mass is 32.2. The maximum atomic E-state index is 12.6. The molecule has 0 amide bonds. The second kappa shape index (κ2) is 8.74. The highest BCUT2D eigenvalue weighted by Gasteiger charge is 2.33. The van der Waals surface area contributed by atoms with E-state index in [0.717, 1.165) is 5.56 Å². The number of rotatable bonds is 6. The number of fused-ring (bicyclic) bond motifs is 1. The van der Waals surface area contributed by atoms with Crippen LogP contribution < -0.4 is 4.74 Å². The van der Waals surface area contributed by atoms with Gasteiger partial charge in [0.15, 0.2) is 5.69 Å². The number of hydrogen-bond donors (Lipinski definition) is 1. The van der Waals surface area contributed by atoms with Gasteiger partial charge in [-0.05, 0) is 29.7 Å². The predicted molar refractivity (Wildman–Crippen MR) is 120 cm³/mol. The van der Waals surface area contributed by atoms with E-state index in [1.807, 2.05) is 30.3 Å². The molecule has 32 heavy (non-hydrogen) atoms. The van der Waals surface area contributed by atoms with Gasteiger partial charge < -0.3 is 14.4 Å². The first-order valence-corrected chi connectivity index (χ1v) is 11.9. The van der Waals surface area contributed by atoms with Gasteiger partial charge in [-0.25, -0.2) is 18.2 Å². The minimum Gasteiger partial charge on any atom is -0.491 e. The van der Waals surface area contributed by atoms with Gasteiger partial charge in [0.05, 0.1) is 37.1 Å². The number of benzene rings is 2. The van der Waals surface area contributed by atoms with Crippen molar-refractivity contribution in [2.45, 2.75) is 25.1 Å². The van der Waals surface area contributed by atoms with E-state index in [-0.39, 0.29) is 13.2 Å². The average Bonchev–Trinajstić information content (AvgIpc) is 3.21. The number of aryl methyl sites for hydroxylation is 1. The second-order valence-electron chi connectivity index (χ2n) is 7.93. The molecule has 2 atom stereocenters. The summed E-state index contributed by atoms with van der Waals surface area (Å²) in [6.45, 7) is 7.86. The van der Waals surface area contributed by atoms with Gasteiger partial charge in [0, 0.05) is 19.2 Å². The van der Waals surface area contributed by atoms with Crippen LogP contribution in [0.15, 0.2) is 55.0 Å². The summed E-state index contributed by atoms with van der Waals surface area (Å²) in [5.74, 6) is 0.496. The fraction of sp³-hybridized carbons (Fsp3) is 0.304. The van der Waals surface area contributed by atoms with Gasteiger partial charge in [-0.2, -0.15) is 4.31 Å². The molecule has 2 unspecified atom stereocenters. The van der Waals surface area contributed by atoms with Crippen LogP contribution in [0.2, 0.25) is 0 Å². The van der Waals surface area contributed by atoms with Crippen LogP contribution in [-0.2, 0) is 30.0 Å². The zero-order chi connectivity index (χ0) is 22.9. The van der Waals surface area contributed by atoms with E-state index >= 15 is 0 Å². The summed E-state index contributed by atoms with van der Waals surface area (Å²) in [4.78, 5) is 7.59. The Morgan fingerprint density at radius 1 is 1.34 bits per heavy atom. The molecule has 3 aromatic rings. The van der Waals surface area contributed by atoms with Gasteiger partial charge in [0.25, 0.3) is 0 Å². The molecule has 0 saturated heterocycles. The number of imidazole rings is 1. The molecular formula is C23H24N4O4S. The van der Waals surface area contributed by atoms with E-state index in [2.05, 4.69) is 9.83 Å². The van der Waals surface area contributed by atoms with Gasteiger partial charge in [0.1, 0.15) is 18.5 Å². The Bertz CT molecular complexity index is 1260. The first kappa shape index (κ1) is 22.0. The van der Waals surface area contributed by atoms with Crippen LogP contribution in [-0.4, -0.2) is 46.3 Å². The van der Waals surface area contributed by atoms with E-state index in [4.69, 9.17) is 11.3 Å². The summed E-state index contributed by atoms with van der Waals surface area (Å²) in [7, 11) is -1.74. The van der Waals surface area contributed by atoms with Crippen LogP contribution in [0, 0.1) is 6.57 Å². The van der Waals surface area contributed by atoms with Crippen LogP contribution in [0.25, 0.3) is 4.85 Å². The minimum atomic E-state index is -3.52. The molecule has 0 fully saturated rings. The lowest BCUT2D eigenvalue weighted by Gasteiger charge is -2.35. The first-order chi connectivity index (χ1) is 15.3. The van der Waals surface area contributed by atoms with Crippen LogP contribution in [0.4, 0.5) is 5.69 Å². The molecule has 166 valence electrons. The number of aliphatic hydroxyl groups is 1. The number of ether oxygens (including phenoxy) is 1. The van der Waals surface area contributed by atoms with Crippen LogP contribution in [0.5, 0.6) is 5.75 Å². The van der Waals surface area contributed by atoms with Gasteiger partial charge >= 0.3 is 0 Å². The van der Waals surface area contributed by atoms with E-state index in [1.165, 1.54) is 10.6 Å². The third-order valence-electron chi connectivity index (χ3n) is 5.63. The third kappa shape index (κ3) is 4.39. The van der Waals surface area contributed by atoms with Crippen LogP contribution in [0.3, 0.4) is 0 Å². The Labute approximate surface area is 187 Å². The summed E-state index contributed by atoms with van der Waals surface area (Å²) in [5, 5.41) is 11.0. The molecule has 1 aromatic heterocycles. The standard InChI is InChI=1S/C23H24N4O4S/c1-24-18-9-17-10-19(27(32(3,29)30)13-16-7-5-4-6-8-16)14-31-23(17)20(11-18)22(28)21-12-25-15-26(21)2/h4-9,11-12,15,19,22,28H,10,13-14H2,2-3H3. The maximum Gasteiger partial charge on any atom is 0.211 e. The molecule has 1 N–H and O–H groups in total. The van der Waals surface area contributed by atoms with Crippen molar-refractivity contribution >= 4 is 15.7 Å². The monoisotopic (exact) mass is 452 g/mol. The topological polar surface area (TPSA) is 89.0 Å². The molecule has 4 rings (SSSR count). The molecule has 0 spiro atoms. The minimum absolute atomic E-state index is 0.148. The molecule has 0 saturated carbocycles. The third-order valence-corrected chi connectivity index (χ3v) is 6.91. The van der Waals surface area contributed by atoms with Gasteiger partial charge in [-0.1, -0.05) is 30.3 Å². The van der Waals surface area contributed by atoms with E-state index in [9.17, 15) is 13.5 Å². The number of sulfonamides is 1. The largest absolute Gasteiger partial charge is 0.491 e. The van der Waals surface area contributed by atoms with Crippen molar-refractivity contribution in [3.05, 3.63) is 88.8 Å². The van der Waals surface area contributed by atoms with Crippen molar-refractivity contribution in [1.82, 2.24) is 13.9 Å². The van der Waals surface area contributed by atoms with Crippen molar-refractivity contribution in [2.24, 2.45) is 7.05 Å². The average molecular weight is 453 g/mol. The molecule has 0 radical (unpaired) electrons. The molecule has 1 aliphatic rings. The molecule has 1 aliphatic heterocycles. The van der Waals surface area contributed by atoms with Crippen LogP contribution in [0.1, 0.15) is 28.5 Å². The Morgan fingerprint density at radius 2 is 2.09 bits per heavy atom. The normalized spacial score (nSPS) is 16.8. The predicted octanol–water partition coefficient (Wildman–Crippen LogP) is 2.82. The quantitative estimate of drug-likeness (QED) is 0.581. The van der Waals surface area contributed by atoms with Gasteiger partial charge in [0.2, 0.25) is 10.0 Å². The number of aromatic nitrogens is 2. The molecule has 8 nitrogen and oxygen atoms in total. The van der Waals surface area contributed by atoms with Crippen molar-refractivity contribution in [3.63, 3.8) is 0 Å². The highest BCUT2D eigenvalue weighted by molar-refractivity contribution is 7.88. The van der Waals surface area contributed by atoms with E-state index in [0.29, 0.717) is 34.7 Å². The second-order valence-corrected chi connectivity index (χ2v) is 9.86. The van der Waals surface area contributed by atoms with Gasteiger partial charge in [-0.3, -0.25) is 0 Å². The Balaban J connectivity index is 1.70. The van der Waals surface area contributed by atoms with Crippen molar-refractivity contribution in [2.75, 3.05) is 12.9 Å². The highest BCUT2D eigenvalue weighted by Crippen LogP contribution is 2.40. The Hall–Kier alpha value is -3.19. The lowest BCUT2D eigenvalue weighted by molar-refractivity contribution is 0.165. The number of hydrogen-bond acceptors (Lipinski definition) is 5. The lowest BCUT2D eigenvalue weighted by atomic mass is 9.95. The fourth-order valence-corrected chi connectivity index (χ4v) is 5.10. The van der Waals surface area contributed by atoms with Crippen LogP contribution >= 0.6 is 0 Å². The van der Waals surface area contributed by atoms with Crippen molar-refractivity contribution < 1.29 is 18.3 Å². The first-order valence-electron chi connectivity index (χ1n) is 10.1. The Kier molecular flexibility index (Phi) is 6.02. The van der Waals surface area contributed by atoms with E-state index in [1.54, 1.807) is 36.3 Å². The summed E-state index contributed by atoms with van der Waals surface area (Å²) in [6.07, 6.45) is 3.71. The zero-order valence-corrected chi connectivity index (χ0v) is 18.7. The smallest absolute Gasteiger partial charge is 0.211 e. The number of aliphatic hydroxyl groups excluding tert-OH is 1. The maximum absolute atomic E-state index is 12.6. The molecule has 2 aromatic carbocycles. The number of nitrogens with zero attached hydrogens (tertiary/aromatic N) is 4. The van der Waals surface area contributed by atoms with E-state index < -0.39 is 22.2 Å². The zero-order valence-electron chi connectivity index (χ0n) is 17.8. The fourth-order valence-electron chi connectivity index (χ4n) is 4.04. The molecule has 0 aliphatic carbocycles. The molecule has 9 heteroatoms. The summed E-state index contributed by atoms with van der Waals surface area (Å²) in [6, 6.07) is 12.3. The SMILES string of the molecule is [C-]#[N+]c1cc2c(c(C(O)c3cncn3C)c1)OCC(N(Cc1ccccc1)S(C)(=O)=O)C2.